The molecule has 0 aromatic heterocycles. The molecule has 3 heteroatoms. The van der Waals surface area contributed by atoms with Crippen molar-refractivity contribution in [3.8, 4) is 0 Å². The van der Waals surface area contributed by atoms with Crippen molar-refractivity contribution in [3.05, 3.63) is 0 Å². The Morgan fingerprint density at radius 3 is 2.33 bits per heavy atom. The first-order valence-corrected chi connectivity index (χ1v) is 4.74. The van der Waals surface area contributed by atoms with Crippen molar-refractivity contribution in [2.45, 2.75) is 37.6 Å². The highest BCUT2D eigenvalue weighted by Gasteiger charge is 2.32. The van der Waals surface area contributed by atoms with Crippen LogP contribution in [-0.4, -0.2) is 25.3 Å². The molecule has 0 amide bonds. The van der Waals surface area contributed by atoms with Crippen LogP contribution in [0.4, 0.5) is 0 Å². The Bertz CT molecular complexity index is 109. The fraction of sp³-hybridized carbons (Fsp3) is 1.00. The summed E-state index contributed by atoms with van der Waals surface area (Å²) >= 11 is 0. The lowest BCUT2D eigenvalue weighted by atomic mass is 9.82. The number of piperidine rings is 1. The molecule has 0 aliphatic carbocycles. The minimum atomic E-state index is 0. The van der Waals surface area contributed by atoms with E-state index in [0.717, 1.165) is 13.2 Å². The van der Waals surface area contributed by atoms with Crippen LogP contribution in [0.3, 0.4) is 0 Å². The van der Waals surface area contributed by atoms with Crippen LogP contribution in [0.25, 0.3) is 0 Å². The lowest BCUT2D eigenvalue weighted by Gasteiger charge is -2.41. The lowest BCUT2D eigenvalue weighted by molar-refractivity contribution is 0.0272. The summed E-state index contributed by atoms with van der Waals surface area (Å²) in [4.78, 5) is 0. The number of hydrogen-bond acceptors (Lipinski definition) is 2. The predicted octanol–water partition coefficient (Wildman–Crippen LogP) is 1.73. The summed E-state index contributed by atoms with van der Waals surface area (Å²) in [5.41, 5.74) is 0.483. The smallest absolute Gasteiger partial charge is 0.0483 e. The Morgan fingerprint density at radius 2 is 1.75 bits per heavy atom. The second-order valence-corrected chi connectivity index (χ2v) is 3.78. The third-order valence-corrected chi connectivity index (χ3v) is 3.03. The van der Waals surface area contributed by atoms with E-state index in [1.807, 2.05) is 0 Å². The van der Waals surface area contributed by atoms with Crippen molar-refractivity contribution >= 4 is 12.4 Å². The van der Waals surface area contributed by atoms with Gasteiger partial charge in [-0.05, 0) is 32.2 Å². The average molecular weight is 192 g/mol. The van der Waals surface area contributed by atoms with Crippen molar-refractivity contribution in [1.82, 2.24) is 5.32 Å². The van der Waals surface area contributed by atoms with Crippen LogP contribution in [0.1, 0.15) is 32.1 Å². The van der Waals surface area contributed by atoms with E-state index in [9.17, 15) is 0 Å². The first kappa shape index (κ1) is 10.3. The summed E-state index contributed by atoms with van der Waals surface area (Å²) in [6, 6.07) is 0. The Kier molecular flexibility index (Phi) is 3.81. The van der Waals surface area contributed by atoms with Gasteiger partial charge in [0.15, 0.2) is 0 Å². The maximum atomic E-state index is 5.36. The van der Waals surface area contributed by atoms with Crippen LogP contribution < -0.4 is 5.32 Å². The largest absolute Gasteiger partial charge is 0.381 e. The number of nitrogens with one attached hydrogen (secondary N) is 1. The molecule has 0 aromatic carbocycles. The second kappa shape index (κ2) is 4.45. The minimum absolute atomic E-state index is 0. The fourth-order valence-electron chi connectivity index (χ4n) is 2.22. The zero-order chi connectivity index (χ0) is 7.57. The molecule has 0 bridgehead atoms. The minimum Gasteiger partial charge on any atom is -0.381 e. The molecule has 1 N–H and O–H groups in total. The molecule has 0 saturated carbocycles. The van der Waals surface area contributed by atoms with Crippen molar-refractivity contribution < 1.29 is 4.74 Å². The molecule has 0 unspecified atom stereocenters. The summed E-state index contributed by atoms with van der Waals surface area (Å²) in [7, 11) is 0. The zero-order valence-corrected chi connectivity index (χ0v) is 8.29. The van der Waals surface area contributed by atoms with Crippen molar-refractivity contribution in [1.29, 1.82) is 0 Å². The molecule has 2 rings (SSSR count). The number of rotatable bonds is 0. The Morgan fingerprint density at radius 1 is 1.00 bits per heavy atom. The van der Waals surface area contributed by atoms with Crippen LogP contribution >= 0.6 is 12.4 Å². The van der Waals surface area contributed by atoms with Crippen LogP contribution in [0.2, 0.25) is 0 Å². The Balaban J connectivity index is 0.000000720. The first-order chi connectivity index (χ1) is 5.41. The topological polar surface area (TPSA) is 21.3 Å². The highest BCUT2D eigenvalue weighted by atomic mass is 35.5. The van der Waals surface area contributed by atoms with Gasteiger partial charge < -0.3 is 10.1 Å². The summed E-state index contributed by atoms with van der Waals surface area (Å²) in [6.45, 7) is 3.15. The van der Waals surface area contributed by atoms with E-state index in [4.69, 9.17) is 4.74 Å². The summed E-state index contributed by atoms with van der Waals surface area (Å²) < 4.78 is 5.36. The predicted molar refractivity (Wildman–Crippen MR) is 51.9 cm³/mol. The van der Waals surface area contributed by atoms with Gasteiger partial charge in [-0.2, -0.15) is 0 Å². The molecule has 0 radical (unpaired) electrons. The molecule has 2 aliphatic rings. The SMILES string of the molecule is C1CCC2(CCOCC2)NC1.Cl. The molecule has 12 heavy (non-hydrogen) atoms. The lowest BCUT2D eigenvalue weighted by Crippen LogP contribution is -2.51. The fourth-order valence-corrected chi connectivity index (χ4v) is 2.22. The maximum absolute atomic E-state index is 5.36. The maximum Gasteiger partial charge on any atom is 0.0483 e. The number of halogens is 1. The van der Waals surface area contributed by atoms with Gasteiger partial charge in [0.05, 0.1) is 0 Å². The first-order valence-electron chi connectivity index (χ1n) is 4.74. The third kappa shape index (κ3) is 2.12. The van der Waals surface area contributed by atoms with E-state index in [-0.39, 0.29) is 12.4 Å². The van der Waals surface area contributed by atoms with E-state index in [2.05, 4.69) is 5.32 Å². The molecule has 2 nitrogen and oxygen atoms in total. The highest BCUT2D eigenvalue weighted by Crippen LogP contribution is 2.28. The third-order valence-electron chi connectivity index (χ3n) is 3.03. The van der Waals surface area contributed by atoms with Gasteiger partial charge in [-0.1, -0.05) is 6.42 Å². The van der Waals surface area contributed by atoms with E-state index < -0.39 is 0 Å². The van der Waals surface area contributed by atoms with Crippen LogP contribution in [0.5, 0.6) is 0 Å². The van der Waals surface area contributed by atoms with E-state index in [0.29, 0.717) is 5.54 Å². The van der Waals surface area contributed by atoms with Gasteiger partial charge in [0.1, 0.15) is 0 Å². The Labute approximate surface area is 80.5 Å². The summed E-state index contributed by atoms with van der Waals surface area (Å²) in [5, 5.41) is 3.65. The summed E-state index contributed by atoms with van der Waals surface area (Å²) in [6.07, 6.45) is 6.60. The normalized spacial score (nSPS) is 28.0. The van der Waals surface area contributed by atoms with Gasteiger partial charge in [0.2, 0.25) is 0 Å². The highest BCUT2D eigenvalue weighted by molar-refractivity contribution is 5.85. The molecule has 1 spiro atoms. The van der Waals surface area contributed by atoms with Crippen molar-refractivity contribution in [3.63, 3.8) is 0 Å². The van der Waals surface area contributed by atoms with Gasteiger partial charge >= 0.3 is 0 Å². The van der Waals surface area contributed by atoms with Crippen LogP contribution in [0.15, 0.2) is 0 Å². The molecule has 2 heterocycles. The van der Waals surface area contributed by atoms with Gasteiger partial charge in [-0.25, -0.2) is 0 Å². The van der Waals surface area contributed by atoms with E-state index in [1.54, 1.807) is 0 Å². The van der Waals surface area contributed by atoms with E-state index in [1.165, 1.54) is 38.6 Å². The van der Waals surface area contributed by atoms with Gasteiger partial charge in [-0.15, -0.1) is 12.4 Å². The number of ether oxygens (including phenoxy) is 1. The molecule has 72 valence electrons. The van der Waals surface area contributed by atoms with Crippen LogP contribution in [0, 0.1) is 0 Å². The van der Waals surface area contributed by atoms with Crippen molar-refractivity contribution in [2.24, 2.45) is 0 Å². The average Bonchev–Trinajstić information content (AvgIpc) is 2.07. The monoisotopic (exact) mass is 191 g/mol. The summed E-state index contributed by atoms with van der Waals surface area (Å²) in [5.74, 6) is 0. The molecule has 2 aliphatic heterocycles. The molecule has 0 aromatic rings. The van der Waals surface area contributed by atoms with Gasteiger partial charge in [-0.3, -0.25) is 0 Å². The molecule has 2 saturated heterocycles. The van der Waals surface area contributed by atoms with Gasteiger partial charge in [0.25, 0.3) is 0 Å². The quantitative estimate of drug-likeness (QED) is 0.630. The molecular weight excluding hydrogens is 174 g/mol. The van der Waals surface area contributed by atoms with Crippen molar-refractivity contribution in [2.75, 3.05) is 19.8 Å². The van der Waals surface area contributed by atoms with Gasteiger partial charge in [0, 0.05) is 18.8 Å². The second-order valence-electron chi connectivity index (χ2n) is 3.78. The van der Waals surface area contributed by atoms with E-state index >= 15 is 0 Å². The molecule has 2 fully saturated rings. The standard InChI is InChI=1S/C9H17NO.ClH/c1-2-6-10-9(3-1)4-7-11-8-5-9;/h10H,1-8H2;1H. The molecule has 0 atom stereocenters. The van der Waals surface area contributed by atoms with Crippen LogP contribution in [-0.2, 0) is 4.74 Å². The Hall–Kier alpha value is 0.210. The number of hydrogen-bond donors (Lipinski definition) is 1. The zero-order valence-electron chi connectivity index (χ0n) is 7.47. The molecular formula is C9H18ClNO.